The van der Waals surface area contributed by atoms with Gasteiger partial charge in [0.2, 0.25) is 11.8 Å². The van der Waals surface area contributed by atoms with Crippen LogP contribution in [0.4, 0.5) is 17.1 Å². The minimum Gasteiger partial charge on any atom is -0.325 e. The van der Waals surface area contributed by atoms with Crippen LogP contribution >= 0.6 is 23.4 Å². The summed E-state index contributed by atoms with van der Waals surface area (Å²) < 4.78 is 0. The van der Waals surface area contributed by atoms with E-state index >= 15 is 0 Å². The number of rotatable bonds is 8. The molecule has 6 nitrogen and oxygen atoms in total. The second kappa shape index (κ2) is 11.4. The van der Waals surface area contributed by atoms with E-state index in [0.717, 1.165) is 11.3 Å². The maximum absolute atomic E-state index is 12.6. The SMILES string of the molecule is Cc1cccc(NC(=O)CSCC(=O)Nc2ccccc2C(=O)Nc2ccc(Cl)cc2)c1. The van der Waals surface area contributed by atoms with Crippen LogP contribution in [-0.4, -0.2) is 29.2 Å². The molecular formula is C24H22ClN3O3S. The number of carbonyl (C=O) groups excluding carboxylic acids is 3. The summed E-state index contributed by atoms with van der Waals surface area (Å²) in [6, 6.07) is 21.0. The average molecular weight is 468 g/mol. The number of para-hydroxylation sites is 1. The van der Waals surface area contributed by atoms with Crippen LogP contribution in [0.15, 0.2) is 72.8 Å². The highest BCUT2D eigenvalue weighted by atomic mass is 35.5. The van der Waals surface area contributed by atoms with Gasteiger partial charge < -0.3 is 16.0 Å². The molecule has 0 saturated carbocycles. The summed E-state index contributed by atoms with van der Waals surface area (Å²) >= 11 is 7.06. The summed E-state index contributed by atoms with van der Waals surface area (Å²) in [6.07, 6.45) is 0. The van der Waals surface area contributed by atoms with E-state index in [1.807, 2.05) is 31.2 Å². The molecule has 0 spiro atoms. The lowest BCUT2D eigenvalue weighted by atomic mass is 10.1. The molecule has 0 saturated heterocycles. The Morgan fingerprint density at radius 2 is 1.47 bits per heavy atom. The van der Waals surface area contributed by atoms with E-state index in [9.17, 15) is 14.4 Å². The van der Waals surface area contributed by atoms with E-state index in [1.165, 1.54) is 11.8 Å². The largest absolute Gasteiger partial charge is 0.325 e. The molecule has 3 aromatic rings. The summed E-state index contributed by atoms with van der Waals surface area (Å²) in [6.45, 7) is 1.95. The predicted octanol–water partition coefficient (Wildman–Crippen LogP) is 5.21. The summed E-state index contributed by atoms with van der Waals surface area (Å²) in [5.74, 6) is -0.622. The number of thioether (sulfide) groups is 1. The first kappa shape index (κ1) is 23.4. The molecule has 0 aliphatic rings. The maximum atomic E-state index is 12.6. The van der Waals surface area contributed by atoms with Gasteiger partial charge in [-0.2, -0.15) is 0 Å². The van der Waals surface area contributed by atoms with Crippen LogP contribution in [0.1, 0.15) is 15.9 Å². The van der Waals surface area contributed by atoms with E-state index in [4.69, 9.17) is 11.6 Å². The quantitative estimate of drug-likeness (QED) is 0.424. The zero-order valence-electron chi connectivity index (χ0n) is 17.4. The van der Waals surface area contributed by atoms with Gasteiger partial charge >= 0.3 is 0 Å². The first-order chi connectivity index (χ1) is 15.4. The third-order valence-electron chi connectivity index (χ3n) is 4.32. The monoisotopic (exact) mass is 467 g/mol. The molecule has 0 heterocycles. The van der Waals surface area contributed by atoms with Crippen molar-refractivity contribution in [2.45, 2.75) is 6.92 Å². The number of halogens is 1. The molecule has 3 rings (SSSR count). The molecule has 0 atom stereocenters. The zero-order chi connectivity index (χ0) is 22.9. The standard InChI is InChI=1S/C24H22ClN3O3S/c1-16-5-4-6-19(13-16)26-22(29)14-32-15-23(30)28-21-8-3-2-7-20(21)24(31)27-18-11-9-17(25)10-12-18/h2-13H,14-15H2,1H3,(H,26,29)(H,27,31)(H,28,30). The molecule has 0 fully saturated rings. The number of anilines is 3. The van der Waals surface area contributed by atoms with E-state index < -0.39 is 0 Å². The fourth-order valence-corrected chi connectivity index (χ4v) is 3.61. The Hall–Kier alpha value is -3.29. The molecule has 3 aromatic carbocycles. The second-order valence-corrected chi connectivity index (χ2v) is 8.39. The van der Waals surface area contributed by atoms with Gasteiger partial charge in [0.15, 0.2) is 0 Å². The fourth-order valence-electron chi connectivity index (χ4n) is 2.86. The normalized spacial score (nSPS) is 10.3. The van der Waals surface area contributed by atoms with Gasteiger partial charge in [-0.1, -0.05) is 35.9 Å². The van der Waals surface area contributed by atoms with Crippen molar-refractivity contribution in [3.8, 4) is 0 Å². The lowest BCUT2D eigenvalue weighted by Gasteiger charge is -2.11. The Balaban J connectivity index is 1.51. The number of hydrogen-bond donors (Lipinski definition) is 3. The van der Waals surface area contributed by atoms with Crippen molar-refractivity contribution < 1.29 is 14.4 Å². The van der Waals surface area contributed by atoms with Crippen LogP contribution in [0.2, 0.25) is 5.02 Å². The molecule has 0 unspecified atom stereocenters. The Bertz CT molecular complexity index is 1120. The van der Waals surface area contributed by atoms with Crippen molar-refractivity contribution in [1.82, 2.24) is 0 Å². The van der Waals surface area contributed by atoms with Crippen molar-refractivity contribution in [3.63, 3.8) is 0 Å². The van der Waals surface area contributed by atoms with Crippen molar-refractivity contribution in [2.75, 3.05) is 27.5 Å². The van der Waals surface area contributed by atoms with Gasteiger partial charge in [-0.05, 0) is 61.0 Å². The van der Waals surface area contributed by atoms with Crippen molar-refractivity contribution >= 4 is 58.1 Å². The molecule has 32 heavy (non-hydrogen) atoms. The van der Waals surface area contributed by atoms with Gasteiger partial charge in [0.05, 0.1) is 22.8 Å². The van der Waals surface area contributed by atoms with Gasteiger partial charge in [0, 0.05) is 16.4 Å². The second-order valence-electron chi connectivity index (χ2n) is 6.97. The highest BCUT2D eigenvalue weighted by Crippen LogP contribution is 2.19. The molecular weight excluding hydrogens is 446 g/mol. The van der Waals surface area contributed by atoms with Crippen LogP contribution in [-0.2, 0) is 9.59 Å². The van der Waals surface area contributed by atoms with E-state index in [0.29, 0.717) is 22.0 Å². The van der Waals surface area contributed by atoms with Gasteiger partial charge in [0.25, 0.3) is 5.91 Å². The first-order valence-corrected chi connectivity index (χ1v) is 11.3. The Morgan fingerprint density at radius 1 is 0.781 bits per heavy atom. The Morgan fingerprint density at radius 3 is 2.19 bits per heavy atom. The zero-order valence-corrected chi connectivity index (χ0v) is 18.9. The molecule has 0 aromatic heterocycles. The lowest BCUT2D eigenvalue weighted by Crippen LogP contribution is -2.21. The van der Waals surface area contributed by atoms with Crippen molar-refractivity contribution in [3.05, 3.63) is 88.9 Å². The molecule has 0 aliphatic heterocycles. The van der Waals surface area contributed by atoms with Gasteiger partial charge in [-0.25, -0.2) is 0 Å². The van der Waals surface area contributed by atoms with Crippen LogP contribution in [0.5, 0.6) is 0 Å². The molecule has 3 amide bonds. The van der Waals surface area contributed by atoms with E-state index in [1.54, 1.807) is 48.5 Å². The van der Waals surface area contributed by atoms with Crippen LogP contribution in [0, 0.1) is 6.92 Å². The minimum absolute atomic E-state index is 0.0778. The van der Waals surface area contributed by atoms with E-state index in [2.05, 4.69) is 16.0 Å². The Kier molecular flexibility index (Phi) is 8.30. The number of nitrogens with one attached hydrogen (secondary N) is 3. The molecule has 164 valence electrons. The number of benzene rings is 3. The van der Waals surface area contributed by atoms with Crippen molar-refractivity contribution in [1.29, 1.82) is 0 Å². The average Bonchev–Trinajstić information content (AvgIpc) is 2.75. The summed E-state index contributed by atoms with van der Waals surface area (Å²) in [7, 11) is 0. The van der Waals surface area contributed by atoms with Crippen LogP contribution < -0.4 is 16.0 Å². The van der Waals surface area contributed by atoms with Crippen molar-refractivity contribution in [2.24, 2.45) is 0 Å². The maximum Gasteiger partial charge on any atom is 0.257 e. The van der Waals surface area contributed by atoms with Gasteiger partial charge in [-0.15, -0.1) is 11.8 Å². The van der Waals surface area contributed by atoms with Gasteiger partial charge in [0.1, 0.15) is 0 Å². The molecule has 0 bridgehead atoms. The summed E-state index contributed by atoms with van der Waals surface area (Å²) in [5.41, 5.74) is 3.09. The summed E-state index contributed by atoms with van der Waals surface area (Å²) in [5, 5.41) is 8.90. The van der Waals surface area contributed by atoms with Crippen LogP contribution in [0.25, 0.3) is 0 Å². The van der Waals surface area contributed by atoms with Crippen LogP contribution in [0.3, 0.4) is 0 Å². The Labute approximate surface area is 195 Å². The van der Waals surface area contributed by atoms with E-state index in [-0.39, 0.29) is 29.2 Å². The fraction of sp³-hybridized carbons (Fsp3) is 0.125. The first-order valence-electron chi connectivity index (χ1n) is 9.81. The third kappa shape index (κ3) is 7.14. The minimum atomic E-state index is -0.353. The highest BCUT2D eigenvalue weighted by molar-refractivity contribution is 8.00. The lowest BCUT2D eigenvalue weighted by molar-refractivity contribution is -0.114. The topological polar surface area (TPSA) is 87.3 Å². The number of hydrogen-bond acceptors (Lipinski definition) is 4. The number of amides is 3. The van der Waals surface area contributed by atoms with Gasteiger partial charge in [-0.3, -0.25) is 14.4 Å². The molecule has 3 N–H and O–H groups in total. The predicted molar refractivity (Wildman–Crippen MR) is 132 cm³/mol. The highest BCUT2D eigenvalue weighted by Gasteiger charge is 2.14. The summed E-state index contributed by atoms with van der Waals surface area (Å²) in [4.78, 5) is 37.1. The third-order valence-corrected chi connectivity index (χ3v) is 5.50. The number of carbonyl (C=O) groups is 3. The molecule has 8 heteroatoms. The molecule has 0 radical (unpaired) electrons. The molecule has 0 aliphatic carbocycles. The number of aryl methyl sites for hydroxylation is 1. The smallest absolute Gasteiger partial charge is 0.257 e.